The minimum Gasteiger partial charge on any atom is -0.310 e. The number of nitrogens with one attached hydrogen (secondary N) is 1. The van der Waals surface area contributed by atoms with Crippen LogP contribution in [0.5, 0.6) is 0 Å². The molecule has 22 heavy (non-hydrogen) atoms. The van der Waals surface area contributed by atoms with Crippen molar-refractivity contribution in [3.05, 3.63) is 47.8 Å². The van der Waals surface area contributed by atoms with Gasteiger partial charge in [-0.2, -0.15) is 18.3 Å². The molecule has 1 N–H and O–H groups in total. The first-order chi connectivity index (χ1) is 10.4. The summed E-state index contributed by atoms with van der Waals surface area (Å²) in [5.74, 6) is -1.25. The van der Waals surface area contributed by atoms with Crippen LogP contribution in [0.3, 0.4) is 0 Å². The summed E-state index contributed by atoms with van der Waals surface area (Å²) >= 11 is 0. The van der Waals surface area contributed by atoms with Crippen LogP contribution in [0.1, 0.15) is 24.5 Å². The zero-order chi connectivity index (χ0) is 16.2. The number of aryl methyl sites for hydroxylation is 1. The van der Waals surface area contributed by atoms with Gasteiger partial charge in [0.2, 0.25) is 0 Å². The highest BCUT2D eigenvalue weighted by Crippen LogP contribution is 2.31. The van der Waals surface area contributed by atoms with Gasteiger partial charge in [0.1, 0.15) is 18.5 Å². The molecule has 0 radical (unpaired) electrons. The lowest BCUT2D eigenvalue weighted by atomic mass is 10.1. The lowest BCUT2D eigenvalue weighted by Crippen LogP contribution is -2.27. The summed E-state index contributed by atoms with van der Waals surface area (Å²) in [4.78, 5) is 3.82. The maximum atomic E-state index is 13.2. The molecule has 0 amide bonds. The van der Waals surface area contributed by atoms with Gasteiger partial charge in [-0.3, -0.25) is 4.68 Å². The van der Waals surface area contributed by atoms with Crippen molar-refractivity contribution in [1.82, 2.24) is 20.1 Å². The van der Waals surface area contributed by atoms with Crippen LogP contribution in [0.2, 0.25) is 0 Å². The van der Waals surface area contributed by atoms with E-state index in [1.54, 1.807) is 11.0 Å². The number of nitrogens with zero attached hydrogens (tertiary/aromatic N) is 3. The van der Waals surface area contributed by atoms with E-state index in [0.29, 0.717) is 12.1 Å². The number of aromatic nitrogens is 3. The van der Waals surface area contributed by atoms with E-state index < -0.39 is 17.6 Å². The molecule has 0 aliphatic carbocycles. The van der Waals surface area contributed by atoms with Crippen molar-refractivity contribution in [3.63, 3.8) is 0 Å². The van der Waals surface area contributed by atoms with E-state index in [9.17, 15) is 17.6 Å². The van der Waals surface area contributed by atoms with Crippen molar-refractivity contribution < 1.29 is 17.6 Å². The van der Waals surface area contributed by atoms with Crippen LogP contribution in [-0.2, 0) is 19.3 Å². The van der Waals surface area contributed by atoms with Gasteiger partial charge in [0.25, 0.3) is 0 Å². The molecule has 1 aromatic carbocycles. The zero-order valence-electron chi connectivity index (χ0n) is 11.9. The van der Waals surface area contributed by atoms with Crippen molar-refractivity contribution in [1.29, 1.82) is 0 Å². The maximum Gasteiger partial charge on any atom is 0.419 e. The zero-order valence-corrected chi connectivity index (χ0v) is 11.9. The van der Waals surface area contributed by atoms with Crippen LogP contribution in [0, 0.1) is 5.82 Å². The molecule has 0 saturated carbocycles. The second-order valence-corrected chi connectivity index (χ2v) is 5.04. The van der Waals surface area contributed by atoms with Crippen molar-refractivity contribution in [3.8, 4) is 0 Å². The monoisotopic (exact) mass is 316 g/mol. The Labute approximate surface area is 125 Å². The number of benzene rings is 1. The fourth-order valence-corrected chi connectivity index (χ4v) is 1.97. The van der Waals surface area contributed by atoms with Gasteiger partial charge in [-0.15, -0.1) is 0 Å². The molecule has 1 heterocycles. The maximum absolute atomic E-state index is 13.2. The summed E-state index contributed by atoms with van der Waals surface area (Å²) in [7, 11) is 0. The van der Waals surface area contributed by atoms with Crippen LogP contribution in [0.4, 0.5) is 17.6 Å². The second kappa shape index (κ2) is 6.87. The number of rotatable bonds is 6. The van der Waals surface area contributed by atoms with E-state index in [1.165, 1.54) is 12.4 Å². The molecule has 0 saturated heterocycles. The first-order valence-corrected chi connectivity index (χ1v) is 6.77. The number of alkyl halides is 3. The average molecular weight is 316 g/mol. The predicted molar refractivity (Wildman–Crippen MR) is 72.3 cm³/mol. The molecule has 0 fully saturated rings. The summed E-state index contributed by atoms with van der Waals surface area (Å²) in [6.45, 7) is 2.82. The summed E-state index contributed by atoms with van der Waals surface area (Å²) in [5, 5.41) is 7.07. The quantitative estimate of drug-likeness (QED) is 0.833. The van der Waals surface area contributed by atoms with Crippen LogP contribution >= 0.6 is 0 Å². The number of hydrogen-bond donors (Lipinski definition) is 1. The first kappa shape index (κ1) is 16.4. The lowest BCUT2D eigenvalue weighted by Gasteiger charge is -2.15. The van der Waals surface area contributed by atoms with E-state index in [1.807, 2.05) is 6.92 Å². The van der Waals surface area contributed by atoms with Crippen LogP contribution in [-0.4, -0.2) is 20.8 Å². The molecule has 0 spiro atoms. The molecule has 8 heteroatoms. The molecule has 0 bridgehead atoms. The molecule has 2 rings (SSSR count). The van der Waals surface area contributed by atoms with Crippen LogP contribution in [0.15, 0.2) is 30.9 Å². The molecule has 120 valence electrons. The Morgan fingerprint density at radius 2 is 2.09 bits per heavy atom. The van der Waals surface area contributed by atoms with Crippen LogP contribution < -0.4 is 5.32 Å². The van der Waals surface area contributed by atoms with Crippen molar-refractivity contribution in [2.75, 3.05) is 0 Å². The van der Waals surface area contributed by atoms with Gasteiger partial charge in [0.15, 0.2) is 0 Å². The van der Waals surface area contributed by atoms with E-state index in [0.717, 1.165) is 18.6 Å². The lowest BCUT2D eigenvalue weighted by molar-refractivity contribution is -0.140. The van der Waals surface area contributed by atoms with Gasteiger partial charge in [-0.1, -0.05) is 6.07 Å². The van der Waals surface area contributed by atoms with Crippen molar-refractivity contribution in [2.45, 2.75) is 38.7 Å². The minimum atomic E-state index is -4.68. The minimum absolute atomic E-state index is 0.0728. The third kappa shape index (κ3) is 4.52. The van der Waals surface area contributed by atoms with E-state index in [2.05, 4.69) is 15.4 Å². The van der Waals surface area contributed by atoms with Gasteiger partial charge in [0, 0.05) is 19.1 Å². The molecular formula is C14H16F4N4. The van der Waals surface area contributed by atoms with Gasteiger partial charge < -0.3 is 5.32 Å². The second-order valence-electron chi connectivity index (χ2n) is 5.04. The summed E-state index contributed by atoms with van der Waals surface area (Å²) in [6.07, 6.45) is -0.896. The van der Waals surface area contributed by atoms with Gasteiger partial charge >= 0.3 is 6.18 Å². The predicted octanol–water partition coefficient (Wildman–Crippen LogP) is 3.00. The standard InChI is InChI=1S/C14H16F4N4/c1-10(4-5-22-9-19-8-21-22)20-7-11-2-3-13(15)12(6-11)14(16,17)18/h2-3,6,8-10,20H,4-5,7H2,1H3/t10-/m0/s1. The smallest absolute Gasteiger partial charge is 0.310 e. The number of hydrogen-bond acceptors (Lipinski definition) is 3. The van der Waals surface area contributed by atoms with Gasteiger partial charge in [-0.05, 0) is 31.0 Å². The van der Waals surface area contributed by atoms with E-state index >= 15 is 0 Å². The van der Waals surface area contributed by atoms with Crippen LogP contribution in [0.25, 0.3) is 0 Å². The molecule has 0 unspecified atom stereocenters. The van der Waals surface area contributed by atoms with E-state index in [-0.39, 0.29) is 12.6 Å². The molecule has 4 nitrogen and oxygen atoms in total. The topological polar surface area (TPSA) is 42.7 Å². The number of halogens is 4. The molecule has 0 aliphatic heterocycles. The Morgan fingerprint density at radius 1 is 1.32 bits per heavy atom. The average Bonchev–Trinajstić information content (AvgIpc) is 2.96. The fraction of sp³-hybridized carbons (Fsp3) is 0.429. The van der Waals surface area contributed by atoms with Gasteiger partial charge in [-0.25, -0.2) is 9.37 Å². The first-order valence-electron chi connectivity index (χ1n) is 6.77. The molecule has 1 atom stereocenters. The molecule has 2 aromatic rings. The molecule has 0 aliphatic rings. The normalized spacial score (nSPS) is 13.3. The third-order valence-corrected chi connectivity index (χ3v) is 3.25. The fourth-order valence-electron chi connectivity index (χ4n) is 1.97. The Kier molecular flexibility index (Phi) is 5.12. The largest absolute Gasteiger partial charge is 0.419 e. The molecular weight excluding hydrogens is 300 g/mol. The Balaban J connectivity index is 1.88. The summed E-state index contributed by atoms with van der Waals surface area (Å²) in [5.41, 5.74) is -0.844. The Morgan fingerprint density at radius 3 is 2.73 bits per heavy atom. The van der Waals surface area contributed by atoms with E-state index in [4.69, 9.17) is 0 Å². The third-order valence-electron chi connectivity index (χ3n) is 3.25. The highest BCUT2D eigenvalue weighted by Gasteiger charge is 2.34. The highest BCUT2D eigenvalue weighted by atomic mass is 19.4. The van der Waals surface area contributed by atoms with Gasteiger partial charge in [0.05, 0.1) is 5.56 Å². The summed E-state index contributed by atoms with van der Waals surface area (Å²) < 4.78 is 52.8. The Bertz CT molecular complexity index is 595. The van der Waals surface area contributed by atoms with Crippen molar-refractivity contribution >= 4 is 0 Å². The molecule has 1 aromatic heterocycles. The SMILES string of the molecule is C[C@@H](CCn1cncn1)NCc1ccc(F)c(C(F)(F)F)c1. The Hall–Kier alpha value is -1.96. The van der Waals surface area contributed by atoms with Crippen molar-refractivity contribution in [2.24, 2.45) is 0 Å². The summed E-state index contributed by atoms with van der Waals surface area (Å²) in [6, 6.07) is 3.11. The highest BCUT2D eigenvalue weighted by molar-refractivity contribution is 5.27.